The summed E-state index contributed by atoms with van der Waals surface area (Å²) in [6.45, 7) is 0. The molecule has 0 saturated heterocycles. The van der Waals surface area contributed by atoms with Crippen LogP contribution in [0.5, 0.6) is 0 Å². The predicted octanol–water partition coefficient (Wildman–Crippen LogP) is 1.26. The smallest absolute Gasteiger partial charge is 0.332 e. The van der Waals surface area contributed by atoms with Crippen LogP contribution in [-0.4, -0.2) is 21.0 Å². The molecule has 20 heavy (non-hydrogen) atoms. The van der Waals surface area contributed by atoms with Gasteiger partial charge in [0.2, 0.25) is 0 Å². The van der Waals surface area contributed by atoms with E-state index in [0.29, 0.717) is 11.1 Å². The molecule has 1 heterocycles. The highest BCUT2D eigenvalue weighted by atomic mass is 16.6. The monoisotopic (exact) mass is 272 g/mol. The van der Waals surface area contributed by atoms with E-state index in [1.165, 1.54) is 6.07 Å². The highest BCUT2D eigenvalue weighted by Gasteiger charge is 2.14. The van der Waals surface area contributed by atoms with Crippen molar-refractivity contribution >= 4 is 22.6 Å². The number of nitro groups is 1. The number of carboxylic acid groups (broad SMARTS) is 1. The number of hydrogen-bond acceptors (Lipinski definition) is 4. The summed E-state index contributed by atoms with van der Waals surface area (Å²) in [6.07, 6.45) is 0.726. The third kappa shape index (κ3) is 2.64. The van der Waals surface area contributed by atoms with E-state index < -0.39 is 22.0 Å². The van der Waals surface area contributed by atoms with Gasteiger partial charge in [-0.05, 0) is 18.2 Å². The first-order valence-corrected chi connectivity index (χ1v) is 5.49. The molecule has 0 aliphatic heterocycles. The van der Waals surface area contributed by atoms with E-state index in [-0.39, 0.29) is 11.8 Å². The fourth-order valence-electron chi connectivity index (χ4n) is 1.64. The zero-order chi connectivity index (χ0) is 14.7. The van der Waals surface area contributed by atoms with Crippen molar-refractivity contribution in [3.63, 3.8) is 0 Å². The second kappa shape index (κ2) is 5.24. The van der Waals surface area contributed by atoms with Crippen LogP contribution in [-0.2, 0) is 4.79 Å². The molecule has 2 N–H and O–H groups in total. The molecule has 0 radical (unpaired) electrons. The molecule has 0 bridgehead atoms. The molecule has 7 nitrogen and oxygen atoms in total. The van der Waals surface area contributed by atoms with Gasteiger partial charge in [0, 0.05) is 11.1 Å². The number of carbonyl (C=O) groups is 1. The second-order valence-corrected chi connectivity index (χ2v) is 3.89. The van der Waals surface area contributed by atoms with Crippen molar-refractivity contribution in [1.29, 1.82) is 0 Å². The van der Waals surface area contributed by atoms with Crippen molar-refractivity contribution < 1.29 is 14.8 Å². The number of aliphatic carboxylic acids is 1. The molecule has 2 rings (SSSR count). The minimum absolute atomic E-state index is 0.140. The van der Waals surface area contributed by atoms with Gasteiger partial charge in [-0.15, -0.1) is 0 Å². The second-order valence-electron chi connectivity index (χ2n) is 3.89. The number of nitrogens with zero attached hydrogens (tertiary/aromatic N) is 1. The van der Waals surface area contributed by atoms with Crippen LogP contribution >= 0.6 is 0 Å². The lowest BCUT2D eigenvalue weighted by molar-refractivity contribution is -0.386. The highest BCUT2D eigenvalue weighted by Crippen LogP contribution is 2.13. The maximum Gasteiger partial charge on any atom is 0.332 e. The molecule has 0 saturated carbocycles. The Bertz CT molecular complexity index is 826. The standard InChI is InChI=1S/C13H8N2O5/c16-12(17)3-1-2-8-4-5-10-9(6-8)13(18)11(7-14-10)15(19)20/h4-7H,3H2,(H,14,18)(H,16,17). The molecular weight excluding hydrogens is 264 g/mol. The van der Waals surface area contributed by atoms with Gasteiger partial charge in [0.1, 0.15) is 6.42 Å². The van der Waals surface area contributed by atoms with Crippen molar-refractivity contribution in [2.75, 3.05) is 0 Å². The maximum absolute atomic E-state index is 11.9. The number of benzene rings is 1. The number of nitrogens with one attached hydrogen (secondary N) is 1. The van der Waals surface area contributed by atoms with Gasteiger partial charge in [0.25, 0.3) is 5.43 Å². The van der Waals surface area contributed by atoms with E-state index in [2.05, 4.69) is 16.8 Å². The Kier molecular flexibility index (Phi) is 3.48. The lowest BCUT2D eigenvalue weighted by atomic mass is 10.1. The van der Waals surface area contributed by atoms with E-state index in [1.54, 1.807) is 12.1 Å². The van der Waals surface area contributed by atoms with Gasteiger partial charge in [-0.25, -0.2) is 0 Å². The molecule has 1 aromatic heterocycles. The number of H-pyrrole nitrogens is 1. The first-order valence-electron chi connectivity index (χ1n) is 5.49. The van der Waals surface area contributed by atoms with Gasteiger partial charge in [-0.3, -0.25) is 19.7 Å². The molecule has 0 fully saturated rings. The van der Waals surface area contributed by atoms with Crippen LogP contribution in [0, 0.1) is 22.0 Å². The van der Waals surface area contributed by atoms with Crippen molar-refractivity contribution in [3.8, 4) is 11.8 Å². The number of fused-ring (bicyclic) bond motifs is 1. The average molecular weight is 272 g/mol. The molecule has 7 heteroatoms. The van der Waals surface area contributed by atoms with Crippen LogP contribution in [0.25, 0.3) is 10.9 Å². The summed E-state index contributed by atoms with van der Waals surface area (Å²) in [5.74, 6) is 3.97. The van der Waals surface area contributed by atoms with Gasteiger partial charge in [0.05, 0.1) is 16.5 Å². The SMILES string of the molecule is O=C(O)CC#Cc1ccc2[nH]cc([N+](=O)[O-])c(=O)c2c1. The van der Waals surface area contributed by atoms with Gasteiger partial charge >= 0.3 is 11.7 Å². The first kappa shape index (κ1) is 13.3. The number of aromatic amines is 1. The van der Waals surface area contributed by atoms with Gasteiger partial charge in [0.15, 0.2) is 0 Å². The Morgan fingerprint density at radius 3 is 2.85 bits per heavy atom. The lowest BCUT2D eigenvalue weighted by Gasteiger charge is -1.98. The maximum atomic E-state index is 11.9. The molecule has 0 aliphatic rings. The topological polar surface area (TPSA) is 113 Å². The molecule has 100 valence electrons. The fraction of sp³-hybridized carbons (Fsp3) is 0.0769. The lowest BCUT2D eigenvalue weighted by Crippen LogP contribution is -2.09. The van der Waals surface area contributed by atoms with Crippen LogP contribution in [0.1, 0.15) is 12.0 Å². The van der Waals surface area contributed by atoms with Crippen LogP contribution in [0.15, 0.2) is 29.2 Å². The highest BCUT2D eigenvalue weighted by molar-refractivity contribution is 5.81. The first-order chi connectivity index (χ1) is 9.49. The summed E-state index contributed by atoms with van der Waals surface area (Å²) in [5.41, 5.74) is -0.382. The predicted molar refractivity (Wildman–Crippen MR) is 70.4 cm³/mol. The van der Waals surface area contributed by atoms with E-state index in [4.69, 9.17) is 5.11 Å². The number of hydrogen-bond donors (Lipinski definition) is 2. The minimum Gasteiger partial charge on any atom is -0.481 e. The largest absolute Gasteiger partial charge is 0.481 e. The Morgan fingerprint density at radius 2 is 2.20 bits per heavy atom. The van der Waals surface area contributed by atoms with E-state index in [1.807, 2.05) is 0 Å². The van der Waals surface area contributed by atoms with Crippen LogP contribution < -0.4 is 5.43 Å². The molecule has 1 aromatic carbocycles. The van der Waals surface area contributed by atoms with Crippen molar-refractivity contribution in [3.05, 3.63) is 50.3 Å². The third-order valence-corrected chi connectivity index (χ3v) is 2.53. The molecule has 0 aliphatic carbocycles. The normalized spacial score (nSPS) is 9.80. The summed E-state index contributed by atoms with van der Waals surface area (Å²) in [4.78, 5) is 34.8. The molecule has 0 amide bonds. The van der Waals surface area contributed by atoms with Crippen LogP contribution in [0.3, 0.4) is 0 Å². The van der Waals surface area contributed by atoms with E-state index in [9.17, 15) is 19.7 Å². The Hall–Kier alpha value is -3.14. The third-order valence-electron chi connectivity index (χ3n) is 2.53. The van der Waals surface area contributed by atoms with E-state index >= 15 is 0 Å². The van der Waals surface area contributed by atoms with Crippen molar-refractivity contribution in [1.82, 2.24) is 4.98 Å². The van der Waals surface area contributed by atoms with Crippen LogP contribution in [0.4, 0.5) is 5.69 Å². The summed E-state index contributed by atoms with van der Waals surface area (Å²) in [5, 5.41) is 19.3. The van der Waals surface area contributed by atoms with Gasteiger partial charge in [-0.1, -0.05) is 11.8 Å². The molecule has 0 spiro atoms. The number of carboxylic acids is 1. The number of rotatable bonds is 2. The average Bonchev–Trinajstić information content (AvgIpc) is 2.39. The van der Waals surface area contributed by atoms with Crippen LogP contribution in [0.2, 0.25) is 0 Å². The molecule has 0 unspecified atom stereocenters. The van der Waals surface area contributed by atoms with Gasteiger partial charge in [-0.2, -0.15) is 0 Å². The summed E-state index contributed by atoms with van der Waals surface area (Å²) >= 11 is 0. The van der Waals surface area contributed by atoms with Gasteiger partial charge < -0.3 is 10.1 Å². The van der Waals surface area contributed by atoms with Crippen molar-refractivity contribution in [2.45, 2.75) is 6.42 Å². The Balaban J connectivity index is 2.54. The summed E-state index contributed by atoms with van der Waals surface area (Å²) in [7, 11) is 0. The molecular formula is C13H8N2O5. The zero-order valence-corrected chi connectivity index (χ0v) is 10.0. The number of aromatic nitrogens is 1. The molecule has 0 atom stereocenters. The summed E-state index contributed by atoms with van der Waals surface area (Å²) < 4.78 is 0. The van der Waals surface area contributed by atoms with E-state index in [0.717, 1.165) is 6.20 Å². The Labute approximate surface area is 112 Å². The minimum atomic E-state index is -1.05. The summed E-state index contributed by atoms with van der Waals surface area (Å²) in [6, 6.07) is 4.56. The zero-order valence-electron chi connectivity index (χ0n) is 10.0. The fourth-order valence-corrected chi connectivity index (χ4v) is 1.64. The van der Waals surface area contributed by atoms with Crippen molar-refractivity contribution in [2.24, 2.45) is 0 Å². The number of pyridine rings is 1. The molecule has 2 aromatic rings. The Morgan fingerprint density at radius 1 is 1.45 bits per heavy atom. The quantitative estimate of drug-likeness (QED) is 0.485.